The molecule has 0 aromatic rings. The molecular weight excluding hydrogens is 236 g/mol. The van der Waals surface area contributed by atoms with Crippen molar-refractivity contribution >= 4 is 0 Å². The van der Waals surface area contributed by atoms with Crippen molar-refractivity contribution in [2.24, 2.45) is 5.92 Å². The minimum Gasteiger partial charge on any atom is -0.378 e. The summed E-state index contributed by atoms with van der Waals surface area (Å²) in [6.45, 7) is 7.93. The summed E-state index contributed by atoms with van der Waals surface area (Å²) in [5.74, 6) is 0.866. The Kier molecular flexibility index (Phi) is 7.41. The summed E-state index contributed by atoms with van der Waals surface area (Å²) < 4.78 is 6.00. The second-order valence-corrected chi connectivity index (χ2v) is 6.01. The van der Waals surface area contributed by atoms with Crippen molar-refractivity contribution in [3.8, 4) is 6.07 Å². The molecule has 0 radical (unpaired) electrons. The molecule has 0 spiro atoms. The van der Waals surface area contributed by atoms with Crippen molar-refractivity contribution in [3.05, 3.63) is 0 Å². The molecule has 0 amide bonds. The van der Waals surface area contributed by atoms with Crippen LogP contribution in [0.2, 0.25) is 0 Å². The molecule has 1 saturated carbocycles. The number of nitrogens with one attached hydrogen (secondary N) is 1. The van der Waals surface area contributed by atoms with Gasteiger partial charge in [-0.1, -0.05) is 33.1 Å². The molecule has 1 rings (SSSR count). The number of nitriles is 1. The average Bonchev–Trinajstić information content (AvgIpc) is 2.44. The number of rotatable bonds is 8. The smallest absolute Gasteiger partial charge is 0.104 e. The zero-order chi connectivity index (χ0) is 14.1. The van der Waals surface area contributed by atoms with Crippen molar-refractivity contribution in [1.29, 1.82) is 5.26 Å². The van der Waals surface area contributed by atoms with Crippen LogP contribution >= 0.6 is 0 Å². The van der Waals surface area contributed by atoms with E-state index in [1.54, 1.807) is 0 Å². The summed E-state index contributed by atoms with van der Waals surface area (Å²) in [5.41, 5.74) is -0.392. The van der Waals surface area contributed by atoms with Gasteiger partial charge in [0.1, 0.15) is 5.54 Å². The first-order valence-electron chi connectivity index (χ1n) is 7.91. The van der Waals surface area contributed by atoms with Gasteiger partial charge in [-0.2, -0.15) is 5.26 Å². The standard InChI is InChI=1S/C16H30N2O/c1-4-14-8-6-9-15(12-14)19-11-7-10-16(3,13-17)18-5-2/h14-15,18H,4-12H2,1-3H3. The van der Waals surface area contributed by atoms with Gasteiger partial charge >= 0.3 is 0 Å². The molecule has 0 aromatic heterocycles. The highest BCUT2D eigenvalue weighted by Gasteiger charge is 2.23. The zero-order valence-corrected chi connectivity index (χ0v) is 12.9. The van der Waals surface area contributed by atoms with E-state index >= 15 is 0 Å². The van der Waals surface area contributed by atoms with Gasteiger partial charge < -0.3 is 4.74 Å². The van der Waals surface area contributed by atoms with Crippen LogP contribution in [0, 0.1) is 17.2 Å². The molecule has 3 heteroatoms. The molecule has 3 unspecified atom stereocenters. The monoisotopic (exact) mass is 266 g/mol. The van der Waals surface area contributed by atoms with Crippen LogP contribution < -0.4 is 5.32 Å². The first kappa shape index (κ1) is 16.5. The van der Waals surface area contributed by atoms with Crippen LogP contribution in [0.15, 0.2) is 0 Å². The highest BCUT2D eigenvalue weighted by Crippen LogP contribution is 2.28. The molecule has 3 atom stereocenters. The number of hydrogen-bond donors (Lipinski definition) is 1. The van der Waals surface area contributed by atoms with E-state index < -0.39 is 5.54 Å². The summed E-state index contributed by atoms with van der Waals surface area (Å²) in [6, 6.07) is 2.37. The highest BCUT2D eigenvalue weighted by atomic mass is 16.5. The van der Waals surface area contributed by atoms with E-state index in [9.17, 15) is 5.26 Å². The third-order valence-electron chi connectivity index (χ3n) is 4.30. The number of ether oxygens (including phenoxy) is 1. The van der Waals surface area contributed by atoms with E-state index in [1.165, 1.54) is 32.1 Å². The van der Waals surface area contributed by atoms with E-state index in [-0.39, 0.29) is 0 Å². The maximum Gasteiger partial charge on any atom is 0.104 e. The fraction of sp³-hybridized carbons (Fsp3) is 0.938. The molecule has 3 nitrogen and oxygen atoms in total. The molecule has 1 aliphatic rings. The predicted octanol–water partition coefficient (Wildman–Crippen LogP) is 3.64. The van der Waals surface area contributed by atoms with Crippen LogP contribution in [0.4, 0.5) is 0 Å². The van der Waals surface area contributed by atoms with Crippen molar-refractivity contribution in [1.82, 2.24) is 5.32 Å². The fourth-order valence-electron chi connectivity index (χ4n) is 3.01. The van der Waals surface area contributed by atoms with Gasteiger partial charge in [-0.25, -0.2) is 0 Å². The zero-order valence-electron chi connectivity index (χ0n) is 12.9. The van der Waals surface area contributed by atoms with Gasteiger partial charge in [-0.05, 0) is 45.1 Å². The molecule has 1 N–H and O–H groups in total. The normalized spacial score (nSPS) is 26.6. The first-order valence-corrected chi connectivity index (χ1v) is 7.91. The third-order valence-corrected chi connectivity index (χ3v) is 4.30. The Morgan fingerprint density at radius 2 is 2.16 bits per heavy atom. The lowest BCUT2D eigenvalue weighted by Crippen LogP contribution is -2.41. The third kappa shape index (κ3) is 5.93. The van der Waals surface area contributed by atoms with Crippen molar-refractivity contribution in [2.45, 2.75) is 77.4 Å². The molecule has 0 heterocycles. The van der Waals surface area contributed by atoms with Crippen LogP contribution in [-0.4, -0.2) is 24.8 Å². The Morgan fingerprint density at radius 3 is 2.79 bits per heavy atom. The minimum atomic E-state index is -0.392. The van der Waals surface area contributed by atoms with Crippen LogP contribution in [-0.2, 0) is 4.74 Å². The first-order chi connectivity index (χ1) is 9.13. The second-order valence-electron chi connectivity index (χ2n) is 6.01. The lowest BCUT2D eigenvalue weighted by molar-refractivity contribution is 0.00944. The van der Waals surface area contributed by atoms with Gasteiger partial charge in [0.05, 0.1) is 12.2 Å². The van der Waals surface area contributed by atoms with Gasteiger partial charge in [0, 0.05) is 6.61 Å². The van der Waals surface area contributed by atoms with Gasteiger partial charge in [0.15, 0.2) is 0 Å². The van der Waals surface area contributed by atoms with E-state index in [4.69, 9.17) is 4.74 Å². The highest BCUT2D eigenvalue weighted by molar-refractivity contribution is 5.03. The van der Waals surface area contributed by atoms with Crippen LogP contribution in [0.3, 0.4) is 0 Å². The summed E-state index contributed by atoms with van der Waals surface area (Å²) >= 11 is 0. The largest absolute Gasteiger partial charge is 0.378 e. The maximum absolute atomic E-state index is 9.18. The lowest BCUT2D eigenvalue weighted by atomic mass is 9.85. The van der Waals surface area contributed by atoms with Gasteiger partial charge in [-0.3, -0.25) is 5.32 Å². The van der Waals surface area contributed by atoms with E-state index in [0.29, 0.717) is 6.10 Å². The molecule has 0 bridgehead atoms. The summed E-state index contributed by atoms with van der Waals surface area (Å²) in [4.78, 5) is 0. The van der Waals surface area contributed by atoms with Gasteiger partial charge in [0.2, 0.25) is 0 Å². The lowest BCUT2D eigenvalue weighted by Gasteiger charge is -2.29. The minimum absolute atomic E-state index is 0.392. The Hall–Kier alpha value is -0.590. The Labute approximate surface area is 118 Å². The SMILES string of the molecule is CCNC(C)(C#N)CCCOC1CCCC(CC)C1. The van der Waals surface area contributed by atoms with E-state index in [1.807, 2.05) is 13.8 Å². The fourth-order valence-corrected chi connectivity index (χ4v) is 3.01. The Balaban J connectivity index is 2.18. The van der Waals surface area contributed by atoms with Crippen molar-refractivity contribution in [2.75, 3.05) is 13.2 Å². The molecule has 110 valence electrons. The molecular formula is C16H30N2O. The van der Waals surface area contributed by atoms with Crippen molar-refractivity contribution < 1.29 is 4.74 Å². The van der Waals surface area contributed by atoms with Gasteiger partial charge in [0.25, 0.3) is 0 Å². The molecule has 0 saturated heterocycles. The van der Waals surface area contributed by atoms with E-state index in [0.717, 1.165) is 31.9 Å². The number of nitrogens with zero attached hydrogens (tertiary/aromatic N) is 1. The molecule has 1 fully saturated rings. The molecule has 19 heavy (non-hydrogen) atoms. The van der Waals surface area contributed by atoms with Crippen LogP contribution in [0.1, 0.15) is 65.7 Å². The van der Waals surface area contributed by atoms with Crippen LogP contribution in [0.5, 0.6) is 0 Å². The maximum atomic E-state index is 9.18. The Morgan fingerprint density at radius 1 is 1.37 bits per heavy atom. The number of hydrogen-bond acceptors (Lipinski definition) is 3. The topological polar surface area (TPSA) is 45.0 Å². The molecule has 0 aliphatic heterocycles. The van der Waals surface area contributed by atoms with Crippen LogP contribution in [0.25, 0.3) is 0 Å². The molecule has 0 aromatic carbocycles. The average molecular weight is 266 g/mol. The van der Waals surface area contributed by atoms with E-state index in [2.05, 4.69) is 18.3 Å². The predicted molar refractivity (Wildman–Crippen MR) is 78.9 cm³/mol. The van der Waals surface area contributed by atoms with Crippen molar-refractivity contribution in [3.63, 3.8) is 0 Å². The molecule has 1 aliphatic carbocycles. The summed E-state index contributed by atoms with van der Waals surface area (Å²) in [6.07, 6.45) is 8.72. The quantitative estimate of drug-likeness (QED) is 0.682. The Bertz CT molecular complexity index is 287. The summed E-state index contributed by atoms with van der Waals surface area (Å²) in [7, 11) is 0. The van der Waals surface area contributed by atoms with Gasteiger partial charge in [-0.15, -0.1) is 0 Å². The second kappa shape index (κ2) is 8.55. The summed E-state index contributed by atoms with van der Waals surface area (Å²) in [5, 5.41) is 12.4.